The minimum absolute atomic E-state index is 0. The SMILES string of the molecule is O=c1nc(-c2ccccc2)n2c3c(ccc(Cl)c13)/C(=N/OS(=O)(=O)[O-])CC2.[K+]. The average molecular weight is 444 g/mol. The van der Waals surface area contributed by atoms with Crippen molar-refractivity contribution in [3.63, 3.8) is 0 Å². The number of hydrogen-bond donors (Lipinski definition) is 0. The summed E-state index contributed by atoms with van der Waals surface area (Å²) in [6.45, 7) is 0.350. The van der Waals surface area contributed by atoms with Crippen LogP contribution in [0.2, 0.25) is 5.02 Å². The van der Waals surface area contributed by atoms with Gasteiger partial charge in [0.15, 0.2) is 0 Å². The Labute approximate surface area is 207 Å². The van der Waals surface area contributed by atoms with Gasteiger partial charge in [-0.05, 0) is 12.1 Å². The van der Waals surface area contributed by atoms with Gasteiger partial charge in [-0.1, -0.05) is 47.1 Å². The zero-order chi connectivity index (χ0) is 19.2. The van der Waals surface area contributed by atoms with Gasteiger partial charge in [0.05, 0.1) is 21.6 Å². The van der Waals surface area contributed by atoms with Crippen molar-refractivity contribution in [3.8, 4) is 11.4 Å². The third-order valence-corrected chi connectivity index (χ3v) is 4.80. The summed E-state index contributed by atoms with van der Waals surface area (Å²) in [5.74, 6) is 0.466. The molecule has 3 aromatic rings. The molecule has 0 bridgehead atoms. The van der Waals surface area contributed by atoms with Gasteiger partial charge in [-0.3, -0.25) is 9.08 Å². The van der Waals surface area contributed by atoms with Gasteiger partial charge in [0.25, 0.3) is 16.0 Å². The summed E-state index contributed by atoms with van der Waals surface area (Å²) in [4.78, 5) is 16.8. The van der Waals surface area contributed by atoms with Crippen LogP contribution in [0.1, 0.15) is 12.0 Å². The molecule has 1 aliphatic rings. The quantitative estimate of drug-likeness (QED) is 0.229. The molecule has 0 fully saturated rings. The van der Waals surface area contributed by atoms with E-state index in [1.807, 2.05) is 34.9 Å². The Kier molecular flexibility index (Phi) is 6.42. The standard InChI is InChI=1S/C17H12ClN3O5S.K/c18-12-7-6-11-13(20-26-27(23,24)25)8-9-21-15(11)14(12)17(22)19-16(21)10-4-2-1-3-5-10;/h1-7H,8-9H2,(H,23,24,25);/q;+1/p-1/b20-13+;. The second-order valence-electron chi connectivity index (χ2n) is 5.85. The third kappa shape index (κ3) is 4.09. The van der Waals surface area contributed by atoms with Crippen molar-refractivity contribution in [1.82, 2.24) is 9.55 Å². The molecule has 1 aromatic heterocycles. The molecular weight excluding hydrogens is 433 g/mol. The minimum atomic E-state index is -4.98. The van der Waals surface area contributed by atoms with E-state index in [1.54, 1.807) is 6.07 Å². The fourth-order valence-electron chi connectivity index (χ4n) is 3.16. The fourth-order valence-corrected chi connectivity index (χ4v) is 3.58. The summed E-state index contributed by atoms with van der Waals surface area (Å²) in [6.07, 6.45) is 0.281. The summed E-state index contributed by atoms with van der Waals surface area (Å²) >= 11 is 6.21. The van der Waals surface area contributed by atoms with E-state index in [0.29, 0.717) is 23.4 Å². The first-order valence-electron chi connectivity index (χ1n) is 7.85. The van der Waals surface area contributed by atoms with Crippen LogP contribution in [-0.2, 0) is 21.2 Å². The van der Waals surface area contributed by atoms with Gasteiger partial charge in [0.1, 0.15) is 5.82 Å². The molecule has 0 aliphatic carbocycles. The molecule has 4 rings (SSSR count). The molecule has 0 saturated carbocycles. The molecule has 0 N–H and O–H groups in total. The van der Waals surface area contributed by atoms with E-state index in [2.05, 4.69) is 14.4 Å². The van der Waals surface area contributed by atoms with Crippen LogP contribution in [0.4, 0.5) is 0 Å². The van der Waals surface area contributed by atoms with Gasteiger partial charge < -0.3 is 9.12 Å². The van der Waals surface area contributed by atoms with E-state index in [4.69, 9.17) is 11.6 Å². The first-order valence-corrected chi connectivity index (χ1v) is 9.56. The topological polar surface area (TPSA) is 114 Å². The molecule has 1 aliphatic heterocycles. The maximum Gasteiger partial charge on any atom is 1.00 e. The molecule has 0 unspecified atom stereocenters. The third-order valence-electron chi connectivity index (χ3n) is 4.23. The van der Waals surface area contributed by atoms with Gasteiger partial charge in [-0.25, -0.2) is 0 Å². The van der Waals surface area contributed by atoms with Gasteiger partial charge in [0.2, 0.25) is 0 Å². The largest absolute Gasteiger partial charge is 1.00 e. The minimum Gasteiger partial charge on any atom is -0.714 e. The fraction of sp³-hybridized carbons (Fsp3) is 0.118. The number of aromatic nitrogens is 2. The molecule has 0 radical (unpaired) electrons. The van der Waals surface area contributed by atoms with Crippen molar-refractivity contribution in [3.05, 3.63) is 63.4 Å². The monoisotopic (exact) mass is 443 g/mol. The predicted molar refractivity (Wildman–Crippen MR) is 98.4 cm³/mol. The Hall–Kier alpha value is -1.11. The first kappa shape index (κ1) is 21.6. The number of aryl methyl sites for hydroxylation is 1. The van der Waals surface area contributed by atoms with E-state index >= 15 is 0 Å². The van der Waals surface area contributed by atoms with Crippen LogP contribution in [0.5, 0.6) is 0 Å². The number of hydrogen-bond acceptors (Lipinski definition) is 7. The van der Waals surface area contributed by atoms with Crippen molar-refractivity contribution in [2.24, 2.45) is 5.16 Å². The zero-order valence-corrected chi connectivity index (χ0v) is 19.3. The Morgan fingerprint density at radius 1 is 1.18 bits per heavy atom. The van der Waals surface area contributed by atoms with Crippen molar-refractivity contribution < 1.29 is 68.6 Å². The van der Waals surface area contributed by atoms with Crippen LogP contribution in [0.25, 0.3) is 22.3 Å². The molecule has 2 heterocycles. The van der Waals surface area contributed by atoms with Crippen molar-refractivity contribution in [1.29, 1.82) is 0 Å². The van der Waals surface area contributed by atoms with Crippen LogP contribution in [0, 0.1) is 0 Å². The molecule has 0 atom stereocenters. The average Bonchev–Trinajstić information content (AvgIpc) is 2.64. The summed E-state index contributed by atoms with van der Waals surface area (Å²) in [6, 6.07) is 12.3. The van der Waals surface area contributed by atoms with E-state index < -0.39 is 16.0 Å². The Balaban J connectivity index is 0.00000225. The summed E-state index contributed by atoms with van der Waals surface area (Å²) in [5, 5.41) is 3.90. The molecule has 11 heteroatoms. The van der Waals surface area contributed by atoms with Crippen LogP contribution in [-0.4, -0.2) is 28.2 Å². The summed E-state index contributed by atoms with van der Waals surface area (Å²) in [5.41, 5.74) is 1.41. The molecular formula is C17H11ClKN3O5S. The Morgan fingerprint density at radius 2 is 1.89 bits per heavy atom. The number of benzene rings is 2. The van der Waals surface area contributed by atoms with Crippen LogP contribution in [0.3, 0.4) is 0 Å². The zero-order valence-electron chi connectivity index (χ0n) is 14.6. The second-order valence-corrected chi connectivity index (χ2v) is 7.22. The molecule has 0 saturated heterocycles. The van der Waals surface area contributed by atoms with E-state index in [-0.39, 0.29) is 73.9 Å². The van der Waals surface area contributed by atoms with Crippen LogP contribution < -0.4 is 56.9 Å². The maximum atomic E-state index is 12.6. The van der Waals surface area contributed by atoms with Crippen LogP contribution in [0.15, 0.2) is 52.4 Å². The summed E-state index contributed by atoms with van der Waals surface area (Å²) < 4.78 is 38.1. The summed E-state index contributed by atoms with van der Waals surface area (Å²) in [7, 11) is -4.98. The van der Waals surface area contributed by atoms with Gasteiger partial charge in [-0.2, -0.15) is 13.4 Å². The Morgan fingerprint density at radius 3 is 2.57 bits per heavy atom. The first-order chi connectivity index (χ1) is 12.8. The van der Waals surface area contributed by atoms with Crippen molar-refractivity contribution in [2.45, 2.75) is 13.0 Å². The molecule has 0 spiro atoms. The van der Waals surface area contributed by atoms with Gasteiger partial charge in [0, 0.05) is 24.1 Å². The number of oxime groups is 1. The molecule has 0 amide bonds. The predicted octanol–water partition coefficient (Wildman–Crippen LogP) is -0.695. The number of nitrogens with zero attached hydrogens (tertiary/aromatic N) is 3. The van der Waals surface area contributed by atoms with Gasteiger partial charge >= 0.3 is 51.4 Å². The maximum absolute atomic E-state index is 12.6. The van der Waals surface area contributed by atoms with E-state index in [9.17, 15) is 17.8 Å². The van der Waals surface area contributed by atoms with E-state index in [0.717, 1.165) is 5.56 Å². The smallest absolute Gasteiger partial charge is 0.714 e. The van der Waals surface area contributed by atoms with Gasteiger partial charge in [-0.15, -0.1) is 0 Å². The van der Waals surface area contributed by atoms with Crippen LogP contribution >= 0.6 is 11.6 Å². The molecule has 28 heavy (non-hydrogen) atoms. The van der Waals surface area contributed by atoms with Crippen molar-refractivity contribution in [2.75, 3.05) is 0 Å². The number of halogens is 1. The molecule has 2 aromatic carbocycles. The second kappa shape index (κ2) is 8.32. The Bertz CT molecular complexity index is 1260. The van der Waals surface area contributed by atoms with E-state index in [1.165, 1.54) is 6.07 Å². The normalized spacial score (nSPS) is 14.7. The van der Waals surface area contributed by atoms with Crippen molar-refractivity contribution >= 4 is 38.6 Å². The molecule has 138 valence electrons. The molecule has 8 nitrogen and oxygen atoms in total. The number of rotatable bonds is 3.